The summed E-state index contributed by atoms with van der Waals surface area (Å²) in [5.41, 5.74) is 0. The van der Waals surface area contributed by atoms with Crippen LogP contribution < -0.4 is 3.53 Å². The third-order valence-corrected chi connectivity index (χ3v) is 3.73. The molecule has 0 saturated carbocycles. The molecular formula is C12H24IN3O2. The van der Waals surface area contributed by atoms with Gasteiger partial charge in [-0.25, -0.2) is 0 Å². The Morgan fingerprint density at radius 3 is 2.50 bits per heavy atom. The highest BCUT2D eigenvalue weighted by Gasteiger charge is 2.18. The first-order valence-corrected chi connectivity index (χ1v) is 7.76. The maximum atomic E-state index is 11.2. The predicted octanol–water partition coefficient (Wildman–Crippen LogP) is 0.887. The van der Waals surface area contributed by atoms with Gasteiger partial charge in [-0.15, -0.1) is 0 Å². The molecule has 0 unspecified atom stereocenters. The van der Waals surface area contributed by atoms with Crippen LogP contribution in [0.4, 0.5) is 0 Å². The van der Waals surface area contributed by atoms with Gasteiger partial charge in [-0.1, -0.05) is 13.3 Å². The van der Waals surface area contributed by atoms with Crippen LogP contribution in [0, 0.1) is 0 Å². The lowest BCUT2D eigenvalue weighted by Crippen LogP contribution is -2.49. The zero-order chi connectivity index (χ0) is 13.2. The molecule has 0 aliphatic carbocycles. The van der Waals surface area contributed by atoms with Crippen LogP contribution in [0.3, 0.4) is 0 Å². The molecule has 1 saturated heterocycles. The number of hydrogen-bond acceptors (Lipinski definition) is 4. The number of nitrogens with one attached hydrogen (secondary N) is 1. The average Bonchev–Trinajstić information content (AvgIpc) is 2.40. The lowest BCUT2D eigenvalue weighted by molar-refractivity contribution is -0.120. The Hall–Kier alpha value is 0.0800. The van der Waals surface area contributed by atoms with E-state index < -0.39 is 0 Å². The van der Waals surface area contributed by atoms with E-state index in [0.717, 1.165) is 52.4 Å². The Labute approximate surface area is 124 Å². The van der Waals surface area contributed by atoms with Gasteiger partial charge in [0.25, 0.3) is 0 Å². The van der Waals surface area contributed by atoms with E-state index in [9.17, 15) is 4.79 Å². The van der Waals surface area contributed by atoms with Crippen molar-refractivity contribution in [2.45, 2.75) is 19.8 Å². The summed E-state index contributed by atoms with van der Waals surface area (Å²) in [7, 11) is 0. The normalized spacial score (nSPS) is 17.9. The molecule has 1 fully saturated rings. The number of amides is 1. The number of piperazine rings is 1. The summed E-state index contributed by atoms with van der Waals surface area (Å²) in [6.45, 7) is 9.42. The van der Waals surface area contributed by atoms with Crippen LogP contribution in [-0.2, 0) is 9.53 Å². The molecule has 1 heterocycles. The van der Waals surface area contributed by atoms with Crippen LogP contribution in [0.15, 0.2) is 0 Å². The van der Waals surface area contributed by atoms with Gasteiger partial charge in [0.15, 0.2) is 0 Å². The van der Waals surface area contributed by atoms with Gasteiger partial charge in [0.05, 0.1) is 36.0 Å². The summed E-state index contributed by atoms with van der Waals surface area (Å²) < 4.78 is 8.20. The van der Waals surface area contributed by atoms with E-state index >= 15 is 0 Å². The molecule has 0 aromatic rings. The lowest BCUT2D eigenvalue weighted by atomic mass is 10.3. The molecule has 0 aromatic carbocycles. The van der Waals surface area contributed by atoms with Gasteiger partial charge < -0.3 is 4.74 Å². The van der Waals surface area contributed by atoms with E-state index in [4.69, 9.17) is 4.74 Å². The Bertz CT molecular complexity index is 233. The van der Waals surface area contributed by atoms with Crippen LogP contribution in [0.1, 0.15) is 19.8 Å². The number of nitrogens with zero attached hydrogens (tertiary/aromatic N) is 2. The number of unbranched alkanes of at least 4 members (excludes halogenated alkanes) is 1. The van der Waals surface area contributed by atoms with E-state index in [1.165, 1.54) is 6.42 Å². The minimum atomic E-state index is 0.0898. The fraction of sp³-hybridized carbons (Fsp3) is 0.917. The molecule has 1 amide bonds. The zero-order valence-electron chi connectivity index (χ0n) is 11.2. The van der Waals surface area contributed by atoms with E-state index in [1.807, 2.05) is 22.9 Å². The molecule has 5 nitrogen and oxygen atoms in total. The van der Waals surface area contributed by atoms with Gasteiger partial charge in [0.1, 0.15) is 0 Å². The zero-order valence-corrected chi connectivity index (χ0v) is 13.3. The molecule has 0 bridgehead atoms. The van der Waals surface area contributed by atoms with E-state index in [0.29, 0.717) is 6.54 Å². The topological polar surface area (TPSA) is 44.8 Å². The van der Waals surface area contributed by atoms with Crippen molar-refractivity contribution in [3.8, 4) is 0 Å². The van der Waals surface area contributed by atoms with Gasteiger partial charge in [0, 0.05) is 39.3 Å². The highest BCUT2D eigenvalue weighted by Crippen LogP contribution is 2.01. The molecule has 18 heavy (non-hydrogen) atoms. The molecular weight excluding hydrogens is 345 g/mol. The molecule has 1 aliphatic rings. The second-order valence-electron chi connectivity index (χ2n) is 4.60. The molecule has 1 N–H and O–H groups in total. The van der Waals surface area contributed by atoms with Gasteiger partial charge in [-0.2, -0.15) is 0 Å². The van der Waals surface area contributed by atoms with Crippen LogP contribution >= 0.6 is 22.9 Å². The Morgan fingerprint density at radius 2 is 1.89 bits per heavy atom. The maximum Gasteiger partial charge on any atom is 0.242 e. The summed E-state index contributed by atoms with van der Waals surface area (Å²) in [4.78, 5) is 15.8. The van der Waals surface area contributed by atoms with Gasteiger partial charge >= 0.3 is 0 Å². The van der Waals surface area contributed by atoms with Gasteiger partial charge in [0.2, 0.25) is 5.91 Å². The summed E-state index contributed by atoms with van der Waals surface area (Å²) in [5.74, 6) is 0.0898. The summed E-state index contributed by atoms with van der Waals surface area (Å²) >= 11 is 1.89. The van der Waals surface area contributed by atoms with Crippen LogP contribution in [0.25, 0.3) is 0 Å². The fourth-order valence-electron chi connectivity index (χ4n) is 1.95. The van der Waals surface area contributed by atoms with E-state index in [1.54, 1.807) is 0 Å². The second-order valence-corrected chi connectivity index (χ2v) is 5.14. The monoisotopic (exact) mass is 369 g/mol. The summed E-state index contributed by atoms with van der Waals surface area (Å²) in [6, 6.07) is 0. The summed E-state index contributed by atoms with van der Waals surface area (Å²) in [5, 5.41) is 0. The van der Waals surface area contributed by atoms with Crippen LogP contribution in [-0.4, -0.2) is 68.2 Å². The Morgan fingerprint density at radius 1 is 1.22 bits per heavy atom. The number of halogens is 1. The van der Waals surface area contributed by atoms with Crippen LogP contribution in [0.5, 0.6) is 0 Å². The van der Waals surface area contributed by atoms with E-state index in [2.05, 4.69) is 20.3 Å². The first-order chi connectivity index (χ1) is 8.76. The van der Waals surface area contributed by atoms with Crippen molar-refractivity contribution in [3.05, 3.63) is 0 Å². The Balaban J connectivity index is 2.03. The smallest absolute Gasteiger partial charge is 0.242 e. The predicted molar refractivity (Wildman–Crippen MR) is 80.8 cm³/mol. The third-order valence-electron chi connectivity index (χ3n) is 3.13. The highest BCUT2D eigenvalue weighted by atomic mass is 127. The first kappa shape index (κ1) is 16.1. The maximum absolute atomic E-state index is 11.2. The van der Waals surface area contributed by atoms with E-state index in [-0.39, 0.29) is 5.91 Å². The largest absolute Gasteiger partial charge is 0.380 e. The van der Waals surface area contributed by atoms with Crippen molar-refractivity contribution in [1.29, 1.82) is 0 Å². The molecule has 0 aromatic heterocycles. The minimum Gasteiger partial charge on any atom is -0.380 e. The number of rotatable bonds is 8. The van der Waals surface area contributed by atoms with Crippen molar-refractivity contribution >= 4 is 28.8 Å². The Kier molecular flexibility index (Phi) is 8.91. The minimum absolute atomic E-state index is 0.0898. The SMILES string of the molecule is CCCCOCCN1CCN(CC(=O)NI)CC1. The van der Waals surface area contributed by atoms with Crippen molar-refractivity contribution in [2.24, 2.45) is 0 Å². The molecule has 106 valence electrons. The fourth-order valence-corrected chi connectivity index (χ4v) is 2.12. The van der Waals surface area contributed by atoms with Crippen molar-refractivity contribution in [1.82, 2.24) is 13.3 Å². The molecule has 1 aliphatic heterocycles. The molecule has 0 atom stereocenters. The van der Waals surface area contributed by atoms with Gasteiger partial charge in [-0.3, -0.25) is 18.1 Å². The molecule has 0 radical (unpaired) electrons. The standard InChI is InChI=1S/C12H24IN3O2/c1-2-3-9-18-10-8-15-4-6-16(7-5-15)11-12(17)14-13/h2-11H2,1H3,(H,14,17). The lowest BCUT2D eigenvalue weighted by Gasteiger charge is -2.33. The van der Waals surface area contributed by atoms with Crippen molar-refractivity contribution < 1.29 is 9.53 Å². The average molecular weight is 369 g/mol. The second kappa shape index (κ2) is 9.94. The highest BCUT2D eigenvalue weighted by molar-refractivity contribution is 14.1. The van der Waals surface area contributed by atoms with Crippen LogP contribution in [0.2, 0.25) is 0 Å². The number of carbonyl (C=O) groups is 1. The third kappa shape index (κ3) is 6.86. The molecule has 1 rings (SSSR count). The molecule has 0 spiro atoms. The van der Waals surface area contributed by atoms with Gasteiger partial charge in [-0.05, 0) is 6.42 Å². The first-order valence-electron chi connectivity index (χ1n) is 6.68. The van der Waals surface area contributed by atoms with Crippen molar-refractivity contribution in [3.63, 3.8) is 0 Å². The number of ether oxygens (including phenoxy) is 1. The quantitative estimate of drug-likeness (QED) is 0.392. The number of carbonyl (C=O) groups excluding carboxylic acids is 1. The molecule has 6 heteroatoms. The number of hydrogen-bond donors (Lipinski definition) is 1. The summed E-state index contributed by atoms with van der Waals surface area (Å²) in [6.07, 6.45) is 2.34. The van der Waals surface area contributed by atoms with Crippen molar-refractivity contribution in [2.75, 3.05) is 52.5 Å².